The number of halogens is 3. The summed E-state index contributed by atoms with van der Waals surface area (Å²) in [4.78, 5) is 1.29. The molecule has 0 saturated carbocycles. The predicted molar refractivity (Wildman–Crippen MR) is 88.7 cm³/mol. The van der Waals surface area contributed by atoms with Gasteiger partial charge in [0.1, 0.15) is 0 Å². The van der Waals surface area contributed by atoms with Gasteiger partial charge in [0.25, 0.3) is 0 Å². The van der Waals surface area contributed by atoms with E-state index in [0.717, 1.165) is 15.9 Å². The van der Waals surface area contributed by atoms with Crippen LogP contribution in [0.25, 0.3) is 0 Å². The molecule has 0 fully saturated rings. The van der Waals surface area contributed by atoms with Crippen molar-refractivity contribution in [2.75, 3.05) is 6.54 Å². The second-order valence-corrected chi connectivity index (χ2v) is 7.76. The highest BCUT2D eigenvalue weighted by Gasteiger charge is 2.18. The molecular formula is C14H14BrCl2NS. The molecule has 1 atom stereocenters. The third-order valence-electron chi connectivity index (χ3n) is 2.86. The molecule has 0 aliphatic carbocycles. The topological polar surface area (TPSA) is 12.0 Å². The molecule has 0 amide bonds. The minimum atomic E-state index is 0.115. The van der Waals surface area contributed by atoms with Crippen molar-refractivity contribution in [3.05, 3.63) is 54.1 Å². The van der Waals surface area contributed by atoms with Crippen molar-refractivity contribution in [1.29, 1.82) is 0 Å². The summed E-state index contributed by atoms with van der Waals surface area (Å²) in [7, 11) is 0. The van der Waals surface area contributed by atoms with Gasteiger partial charge in [0.05, 0.1) is 9.83 Å². The van der Waals surface area contributed by atoms with E-state index < -0.39 is 0 Å². The number of benzene rings is 1. The van der Waals surface area contributed by atoms with Gasteiger partial charge in [-0.1, -0.05) is 30.1 Å². The zero-order valence-electron chi connectivity index (χ0n) is 10.6. The Hall–Kier alpha value is -0.0600. The standard InChI is InChI=1S/C14H14BrCl2NS/c1-3-18-14(12-7-13(15)19-8(12)2)9-4-10(16)6-11(17)5-9/h4-7,14,18H,3H2,1-2H3. The number of aryl methyl sites for hydroxylation is 1. The Morgan fingerprint density at radius 3 is 2.32 bits per heavy atom. The quantitative estimate of drug-likeness (QED) is 0.706. The molecule has 2 aromatic rings. The highest BCUT2D eigenvalue weighted by Crippen LogP contribution is 2.35. The van der Waals surface area contributed by atoms with E-state index in [1.165, 1.54) is 10.4 Å². The lowest BCUT2D eigenvalue weighted by atomic mass is 9.99. The molecule has 0 aliphatic heterocycles. The van der Waals surface area contributed by atoms with E-state index in [2.05, 4.69) is 41.2 Å². The van der Waals surface area contributed by atoms with Gasteiger partial charge in [-0.25, -0.2) is 0 Å². The zero-order chi connectivity index (χ0) is 14.0. The van der Waals surface area contributed by atoms with E-state index in [-0.39, 0.29) is 6.04 Å². The molecule has 1 heterocycles. The lowest BCUT2D eigenvalue weighted by Crippen LogP contribution is -2.22. The summed E-state index contributed by atoms with van der Waals surface area (Å²) in [6.07, 6.45) is 0. The van der Waals surface area contributed by atoms with Gasteiger partial charge in [-0.3, -0.25) is 0 Å². The van der Waals surface area contributed by atoms with Gasteiger partial charge in [0.2, 0.25) is 0 Å². The van der Waals surface area contributed by atoms with Gasteiger partial charge in [-0.15, -0.1) is 11.3 Å². The summed E-state index contributed by atoms with van der Waals surface area (Å²) < 4.78 is 1.14. The van der Waals surface area contributed by atoms with E-state index in [4.69, 9.17) is 23.2 Å². The molecular weight excluding hydrogens is 365 g/mol. The molecule has 1 aromatic heterocycles. The maximum Gasteiger partial charge on any atom is 0.0704 e. The summed E-state index contributed by atoms with van der Waals surface area (Å²) in [6.45, 7) is 5.10. The van der Waals surface area contributed by atoms with Crippen LogP contribution in [-0.2, 0) is 0 Å². The van der Waals surface area contributed by atoms with Crippen LogP contribution in [0.2, 0.25) is 10.0 Å². The van der Waals surface area contributed by atoms with Crippen molar-refractivity contribution in [3.63, 3.8) is 0 Å². The predicted octanol–water partition coefficient (Wildman–Crippen LogP) is 5.82. The zero-order valence-corrected chi connectivity index (χ0v) is 14.6. The summed E-state index contributed by atoms with van der Waals surface area (Å²) in [5.41, 5.74) is 2.35. The fourth-order valence-electron chi connectivity index (χ4n) is 2.10. The van der Waals surface area contributed by atoms with Crippen molar-refractivity contribution in [2.45, 2.75) is 19.9 Å². The van der Waals surface area contributed by atoms with Crippen molar-refractivity contribution in [2.24, 2.45) is 0 Å². The van der Waals surface area contributed by atoms with Gasteiger partial charge in [-0.05, 0) is 64.8 Å². The first-order valence-corrected chi connectivity index (χ1v) is 8.33. The smallest absolute Gasteiger partial charge is 0.0704 e. The summed E-state index contributed by atoms with van der Waals surface area (Å²) in [6, 6.07) is 7.95. The molecule has 0 saturated heterocycles. The van der Waals surface area contributed by atoms with E-state index in [0.29, 0.717) is 10.0 Å². The third-order valence-corrected chi connectivity index (χ3v) is 4.87. The molecule has 1 unspecified atom stereocenters. The number of hydrogen-bond acceptors (Lipinski definition) is 2. The van der Waals surface area contributed by atoms with Crippen LogP contribution < -0.4 is 5.32 Å². The highest BCUT2D eigenvalue weighted by atomic mass is 79.9. The third kappa shape index (κ3) is 3.73. The molecule has 1 N–H and O–H groups in total. The number of rotatable bonds is 4. The normalized spacial score (nSPS) is 12.7. The van der Waals surface area contributed by atoms with Crippen LogP contribution in [0.1, 0.15) is 29.0 Å². The summed E-state index contributed by atoms with van der Waals surface area (Å²) >= 11 is 17.5. The summed E-state index contributed by atoms with van der Waals surface area (Å²) in [5, 5.41) is 4.82. The minimum absolute atomic E-state index is 0.115. The van der Waals surface area contributed by atoms with Crippen LogP contribution in [0.3, 0.4) is 0 Å². The van der Waals surface area contributed by atoms with Gasteiger partial charge < -0.3 is 5.32 Å². The Morgan fingerprint density at radius 1 is 1.21 bits per heavy atom. The van der Waals surface area contributed by atoms with Gasteiger partial charge in [0.15, 0.2) is 0 Å². The van der Waals surface area contributed by atoms with Crippen LogP contribution in [0.5, 0.6) is 0 Å². The Morgan fingerprint density at radius 2 is 1.84 bits per heavy atom. The SMILES string of the molecule is CCNC(c1cc(Cl)cc(Cl)c1)c1cc(Br)sc1C. The monoisotopic (exact) mass is 377 g/mol. The largest absolute Gasteiger partial charge is 0.306 e. The lowest BCUT2D eigenvalue weighted by Gasteiger charge is -2.19. The fourth-order valence-corrected chi connectivity index (χ4v) is 4.39. The lowest BCUT2D eigenvalue weighted by molar-refractivity contribution is 0.630. The van der Waals surface area contributed by atoms with Crippen LogP contribution >= 0.6 is 50.5 Å². The Bertz CT molecular complexity index is 563. The van der Waals surface area contributed by atoms with E-state index in [1.54, 1.807) is 17.4 Å². The van der Waals surface area contributed by atoms with Crippen LogP contribution in [0, 0.1) is 6.92 Å². The van der Waals surface area contributed by atoms with Crippen LogP contribution in [0.4, 0.5) is 0 Å². The molecule has 19 heavy (non-hydrogen) atoms. The molecule has 0 radical (unpaired) electrons. The molecule has 1 aromatic carbocycles. The van der Waals surface area contributed by atoms with Gasteiger partial charge in [-0.2, -0.15) is 0 Å². The van der Waals surface area contributed by atoms with E-state index in [9.17, 15) is 0 Å². The van der Waals surface area contributed by atoms with Crippen molar-refractivity contribution in [1.82, 2.24) is 5.32 Å². The van der Waals surface area contributed by atoms with Crippen molar-refractivity contribution in [3.8, 4) is 0 Å². The molecule has 1 nitrogen and oxygen atoms in total. The number of nitrogens with one attached hydrogen (secondary N) is 1. The summed E-state index contributed by atoms with van der Waals surface area (Å²) in [5.74, 6) is 0. The molecule has 2 rings (SSSR count). The molecule has 0 bridgehead atoms. The second kappa shape index (κ2) is 6.59. The molecule has 102 valence electrons. The van der Waals surface area contributed by atoms with E-state index >= 15 is 0 Å². The Labute approximate surface area is 136 Å². The van der Waals surface area contributed by atoms with Gasteiger partial charge >= 0.3 is 0 Å². The van der Waals surface area contributed by atoms with Crippen molar-refractivity contribution >= 4 is 50.5 Å². The first-order valence-electron chi connectivity index (χ1n) is 5.96. The Balaban J connectivity index is 2.47. The molecule has 0 aliphatic rings. The minimum Gasteiger partial charge on any atom is -0.306 e. The van der Waals surface area contributed by atoms with Gasteiger partial charge in [0, 0.05) is 14.9 Å². The van der Waals surface area contributed by atoms with E-state index in [1.807, 2.05) is 12.1 Å². The highest BCUT2D eigenvalue weighted by molar-refractivity contribution is 9.11. The fraction of sp³-hybridized carbons (Fsp3) is 0.286. The maximum atomic E-state index is 6.11. The average molecular weight is 379 g/mol. The average Bonchev–Trinajstić information content (AvgIpc) is 2.64. The molecule has 0 spiro atoms. The van der Waals surface area contributed by atoms with Crippen LogP contribution in [0.15, 0.2) is 28.1 Å². The maximum absolute atomic E-state index is 6.11. The first-order chi connectivity index (χ1) is 9.01. The first kappa shape index (κ1) is 15.3. The second-order valence-electron chi connectivity index (χ2n) is 4.26. The molecule has 5 heteroatoms. The van der Waals surface area contributed by atoms with Crippen molar-refractivity contribution < 1.29 is 0 Å². The number of thiophene rings is 1. The Kier molecular flexibility index (Phi) is 5.32. The number of hydrogen-bond donors (Lipinski definition) is 1. The van der Waals surface area contributed by atoms with Crippen LogP contribution in [-0.4, -0.2) is 6.54 Å².